The van der Waals surface area contributed by atoms with Gasteiger partial charge in [0, 0.05) is 23.1 Å². The molecule has 1 aromatic heterocycles. The van der Waals surface area contributed by atoms with Crippen molar-refractivity contribution in [3.63, 3.8) is 0 Å². The minimum Gasteiger partial charge on any atom is -0.298 e. The van der Waals surface area contributed by atoms with Crippen LogP contribution in [0.15, 0.2) is 46.2 Å². The molecule has 0 spiro atoms. The van der Waals surface area contributed by atoms with Crippen LogP contribution in [0.4, 0.5) is 0 Å². The second-order valence-electron chi connectivity index (χ2n) is 3.59. The Kier molecular flexibility index (Phi) is 3.35. The van der Waals surface area contributed by atoms with Crippen molar-refractivity contribution in [3.8, 4) is 18.0 Å². The zero-order valence-corrected chi connectivity index (χ0v) is 10.1. The second kappa shape index (κ2) is 4.94. The lowest BCUT2D eigenvalue weighted by Gasteiger charge is -2.06. The number of aromatic nitrogens is 2. The highest BCUT2D eigenvalue weighted by Gasteiger charge is 2.05. The van der Waals surface area contributed by atoms with Crippen molar-refractivity contribution in [2.24, 2.45) is 0 Å². The quantitative estimate of drug-likeness (QED) is 0.603. The molecule has 0 bridgehead atoms. The summed E-state index contributed by atoms with van der Waals surface area (Å²) in [4.78, 5) is 23.6. The summed E-state index contributed by atoms with van der Waals surface area (Å²) in [5, 5.41) is 0.562. The molecule has 1 heterocycles. The van der Waals surface area contributed by atoms with E-state index in [1.54, 1.807) is 24.3 Å². The van der Waals surface area contributed by atoms with Gasteiger partial charge in [0.1, 0.15) is 0 Å². The van der Waals surface area contributed by atoms with Crippen LogP contribution in [0.3, 0.4) is 0 Å². The van der Waals surface area contributed by atoms with Crippen LogP contribution in [0.2, 0.25) is 5.02 Å². The molecule has 2 rings (SSSR count). The maximum Gasteiger partial charge on any atom is 0.321 e. The van der Waals surface area contributed by atoms with Crippen LogP contribution in [0.25, 0.3) is 5.69 Å². The van der Waals surface area contributed by atoms with E-state index in [0.29, 0.717) is 10.7 Å². The molecule has 0 saturated heterocycles. The number of benzene rings is 1. The topological polar surface area (TPSA) is 44.0 Å². The molecular weight excluding hydrogens is 252 g/mol. The van der Waals surface area contributed by atoms with E-state index >= 15 is 0 Å². The van der Waals surface area contributed by atoms with Gasteiger partial charge in [0.2, 0.25) is 0 Å². The van der Waals surface area contributed by atoms with Crippen LogP contribution in [0.5, 0.6) is 0 Å². The Balaban J connectivity index is 2.58. The normalized spacial score (nSPS) is 10.0. The van der Waals surface area contributed by atoms with Crippen LogP contribution in [0.1, 0.15) is 0 Å². The van der Waals surface area contributed by atoms with Crippen molar-refractivity contribution in [3.05, 3.63) is 62.4 Å². The highest BCUT2D eigenvalue weighted by molar-refractivity contribution is 6.30. The summed E-state index contributed by atoms with van der Waals surface area (Å²) in [7, 11) is 0. The average Bonchev–Trinajstić information content (AvgIpc) is 2.37. The van der Waals surface area contributed by atoms with Crippen molar-refractivity contribution >= 4 is 11.6 Å². The minimum atomic E-state index is -0.648. The lowest BCUT2D eigenvalue weighted by molar-refractivity contribution is 0.744. The first kappa shape index (κ1) is 12.2. The zero-order valence-electron chi connectivity index (χ0n) is 9.34. The lowest BCUT2D eigenvalue weighted by Crippen LogP contribution is -2.39. The molecule has 1 aromatic carbocycles. The Morgan fingerprint density at radius 2 is 1.78 bits per heavy atom. The Labute approximate surface area is 108 Å². The summed E-state index contributed by atoms with van der Waals surface area (Å²) in [6, 6.07) is 6.62. The summed E-state index contributed by atoms with van der Waals surface area (Å²) in [5.74, 6) is 2.32. The zero-order chi connectivity index (χ0) is 13.1. The second-order valence-corrected chi connectivity index (χ2v) is 4.02. The van der Waals surface area contributed by atoms with Crippen molar-refractivity contribution in [1.29, 1.82) is 0 Å². The van der Waals surface area contributed by atoms with E-state index in [9.17, 15) is 9.59 Å². The molecule has 0 fully saturated rings. The molecule has 90 valence electrons. The highest BCUT2D eigenvalue weighted by atomic mass is 35.5. The summed E-state index contributed by atoms with van der Waals surface area (Å²) >= 11 is 5.76. The van der Waals surface area contributed by atoms with Crippen molar-refractivity contribution in [2.75, 3.05) is 0 Å². The lowest BCUT2D eigenvalue weighted by atomic mass is 10.3. The molecule has 2 aromatic rings. The van der Waals surface area contributed by atoms with Gasteiger partial charge in [-0.3, -0.25) is 18.7 Å². The molecule has 0 N–H and O–H groups in total. The first-order valence-corrected chi connectivity index (χ1v) is 5.53. The minimum absolute atomic E-state index is 0.0789. The van der Waals surface area contributed by atoms with E-state index in [1.807, 2.05) is 0 Å². The molecule has 0 amide bonds. The highest BCUT2D eigenvalue weighted by Crippen LogP contribution is 2.11. The number of nitrogens with zero attached hydrogens (tertiary/aromatic N) is 2. The van der Waals surface area contributed by atoms with Gasteiger partial charge in [-0.1, -0.05) is 17.5 Å². The summed E-state index contributed by atoms with van der Waals surface area (Å²) in [6.07, 6.45) is 8.10. The van der Waals surface area contributed by atoms with E-state index in [-0.39, 0.29) is 6.54 Å². The first-order valence-electron chi connectivity index (χ1n) is 5.15. The largest absolute Gasteiger partial charge is 0.321 e. The fourth-order valence-electron chi connectivity index (χ4n) is 1.54. The van der Waals surface area contributed by atoms with Gasteiger partial charge in [0.05, 0.1) is 6.54 Å². The van der Waals surface area contributed by atoms with Crippen LogP contribution >= 0.6 is 11.6 Å². The molecule has 0 saturated carbocycles. The Morgan fingerprint density at radius 1 is 1.11 bits per heavy atom. The number of rotatable bonds is 2. The molecule has 0 atom stereocenters. The SMILES string of the molecule is C#CCn1ccn(-c2ccc(Cl)cc2)c(=O)c1=O. The molecule has 0 unspecified atom stereocenters. The summed E-state index contributed by atoms with van der Waals surface area (Å²) in [5.41, 5.74) is -0.713. The van der Waals surface area contributed by atoms with E-state index in [0.717, 1.165) is 0 Å². The molecule has 0 aliphatic rings. The summed E-state index contributed by atoms with van der Waals surface area (Å²) < 4.78 is 2.44. The first-order chi connectivity index (χ1) is 8.63. The standard InChI is InChI=1S/C13H9ClN2O2/c1-2-7-15-8-9-16(13(18)12(15)17)11-5-3-10(14)4-6-11/h1,3-6,8-9H,7H2. The van der Waals surface area contributed by atoms with Crippen molar-refractivity contribution in [1.82, 2.24) is 9.13 Å². The third kappa shape index (κ3) is 2.22. The van der Waals surface area contributed by atoms with Gasteiger partial charge in [-0.15, -0.1) is 6.42 Å². The van der Waals surface area contributed by atoms with Gasteiger partial charge in [-0.05, 0) is 24.3 Å². The maximum absolute atomic E-state index is 11.9. The van der Waals surface area contributed by atoms with Crippen LogP contribution < -0.4 is 11.1 Å². The van der Waals surface area contributed by atoms with E-state index in [4.69, 9.17) is 18.0 Å². The van der Waals surface area contributed by atoms with E-state index < -0.39 is 11.1 Å². The van der Waals surface area contributed by atoms with Crippen LogP contribution in [-0.2, 0) is 6.54 Å². The third-order valence-electron chi connectivity index (χ3n) is 2.42. The molecular formula is C13H9ClN2O2. The average molecular weight is 261 g/mol. The van der Waals surface area contributed by atoms with Gasteiger partial charge in [-0.2, -0.15) is 0 Å². The van der Waals surface area contributed by atoms with E-state index in [1.165, 1.54) is 21.5 Å². The predicted octanol–water partition coefficient (Wildman–Crippen LogP) is 1.29. The molecule has 18 heavy (non-hydrogen) atoms. The molecule has 4 nitrogen and oxygen atoms in total. The Bertz CT molecular complexity index is 720. The van der Waals surface area contributed by atoms with Crippen LogP contribution in [-0.4, -0.2) is 9.13 Å². The molecule has 0 aliphatic carbocycles. The van der Waals surface area contributed by atoms with Gasteiger partial charge in [0.15, 0.2) is 0 Å². The van der Waals surface area contributed by atoms with Gasteiger partial charge in [0.25, 0.3) is 0 Å². The number of halogens is 1. The number of hydrogen-bond acceptors (Lipinski definition) is 2. The smallest absolute Gasteiger partial charge is 0.298 e. The molecule has 0 radical (unpaired) electrons. The molecule has 0 aliphatic heterocycles. The van der Waals surface area contributed by atoms with Gasteiger partial charge >= 0.3 is 11.1 Å². The fraction of sp³-hybridized carbons (Fsp3) is 0.0769. The van der Waals surface area contributed by atoms with Crippen LogP contribution in [0, 0.1) is 12.3 Å². The maximum atomic E-state index is 11.9. The Hall–Kier alpha value is -2.25. The van der Waals surface area contributed by atoms with Gasteiger partial charge < -0.3 is 0 Å². The van der Waals surface area contributed by atoms with Crippen molar-refractivity contribution < 1.29 is 0 Å². The van der Waals surface area contributed by atoms with E-state index in [2.05, 4.69) is 5.92 Å². The molecule has 5 heteroatoms. The van der Waals surface area contributed by atoms with Crippen molar-refractivity contribution in [2.45, 2.75) is 6.54 Å². The monoisotopic (exact) mass is 260 g/mol. The fourth-order valence-corrected chi connectivity index (χ4v) is 1.66. The Morgan fingerprint density at radius 3 is 2.39 bits per heavy atom. The number of hydrogen-bond donors (Lipinski definition) is 0. The number of terminal acetylenes is 1. The predicted molar refractivity (Wildman–Crippen MR) is 70.1 cm³/mol. The summed E-state index contributed by atoms with van der Waals surface area (Å²) in [6.45, 7) is 0.0789. The third-order valence-corrected chi connectivity index (χ3v) is 2.68. The van der Waals surface area contributed by atoms with Gasteiger partial charge in [-0.25, -0.2) is 0 Å².